The first-order chi connectivity index (χ1) is 15.3. The molecule has 2 aromatic carbocycles. The van der Waals surface area contributed by atoms with Gasteiger partial charge in [0.25, 0.3) is 11.8 Å². The van der Waals surface area contributed by atoms with Gasteiger partial charge in [-0.2, -0.15) is 4.31 Å². The monoisotopic (exact) mass is 459 g/mol. The van der Waals surface area contributed by atoms with Crippen LogP contribution in [0, 0.1) is 0 Å². The smallest absolute Gasteiger partial charge is 0.259 e. The van der Waals surface area contributed by atoms with Crippen molar-refractivity contribution in [3.63, 3.8) is 0 Å². The fraction of sp³-hybridized carbons (Fsp3) is 0.286. The Hall–Kier alpha value is -3.44. The number of benzene rings is 2. The molecule has 10 nitrogen and oxygen atoms in total. The lowest BCUT2D eigenvalue weighted by molar-refractivity contribution is -0.119. The van der Waals surface area contributed by atoms with Crippen LogP contribution in [0.2, 0.25) is 0 Å². The highest BCUT2D eigenvalue weighted by Gasteiger charge is 2.40. The average Bonchev–Trinajstić information content (AvgIpc) is 3.39. The van der Waals surface area contributed by atoms with Crippen LogP contribution in [0.5, 0.6) is 11.5 Å². The van der Waals surface area contributed by atoms with Crippen LogP contribution in [-0.2, 0) is 14.8 Å². The fourth-order valence-electron chi connectivity index (χ4n) is 3.87. The summed E-state index contributed by atoms with van der Waals surface area (Å²) in [7, 11) is -1.12. The summed E-state index contributed by atoms with van der Waals surface area (Å²) in [5, 5.41) is 4.85. The second kappa shape index (κ2) is 8.24. The average molecular weight is 459 g/mol. The molecular weight excluding hydrogens is 438 g/mol. The SMILES string of the molecule is COc1ccc(S(=O)(=O)N2CCCC2C(=O)Nc2ccc3c(c2)C(=O)NC3=O)cc1OC. The van der Waals surface area contributed by atoms with Crippen LogP contribution in [-0.4, -0.2) is 57.3 Å². The van der Waals surface area contributed by atoms with Crippen molar-refractivity contribution in [2.24, 2.45) is 0 Å². The number of carbonyl (C=O) groups excluding carboxylic acids is 3. The summed E-state index contributed by atoms with van der Waals surface area (Å²) in [6.45, 7) is 0.190. The van der Waals surface area contributed by atoms with Gasteiger partial charge in [0.1, 0.15) is 6.04 Å². The summed E-state index contributed by atoms with van der Waals surface area (Å²) in [5.74, 6) is -0.900. The van der Waals surface area contributed by atoms with E-state index in [1.54, 1.807) is 0 Å². The second-order valence-electron chi connectivity index (χ2n) is 7.32. The van der Waals surface area contributed by atoms with E-state index in [0.717, 1.165) is 4.31 Å². The van der Waals surface area contributed by atoms with Crippen LogP contribution >= 0.6 is 0 Å². The van der Waals surface area contributed by atoms with Crippen molar-refractivity contribution in [1.29, 1.82) is 0 Å². The molecule has 1 unspecified atom stereocenters. The van der Waals surface area contributed by atoms with E-state index in [1.165, 1.54) is 50.6 Å². The van der Waals surface area contributed by atoms with Crippen LogP contribution in [0.4, 0.5) is 5.69 Å². The largest absolute Gasteiger partial charge is 0.493 e. The van der Waals surface area contributed by atoms with Gasteiger partial charge < -0.3 is 14.8 Å². The number of ether oxygens (including phenoxy) is 2. The quantitative estimate of drug-likeness (QED) is 0.624. The Labute approximate surface area is 184 Å². The summed E-state index contributed by atoms with van der Waals surface area (Å²) in [5.41, 5.74) is 0.689. The Bertz CT molecular complexity index is 1230. The number of nitrogens with zero attached hydrogens (tertiary/aromatic N) is 1. The molecule has 4 rings (SSSR count). The highest BCUT2D eigenvalue weighted by molar-refractivity contribution is 7.89. The van der Waals surface area contributed by atoms with E-state index < -0.39 is 33.8 Å². The van der Waals surface area contributed by atoms with Gasteiger partial charge in [0, 0.05) is 18.3 Å². The molecule has 0 bridgehead atoms. The van der Waals surface area contributed by atoms with Crippen LogP contribution in [0.25, 0.3) is 0 Å². The van der Waals surface area contributed by atoms with Gasteiger partial charge in [-0.15, -0.1) is 0 Å². The summed E-state index contributed by atoms with van der Waals surface area (Å²) in [4.78, 5) is 36.5. The predicted octanol–water partition coefficient (Wildman–Crippen LogP) is 1.38. The van der Waals surface area contributed by atoms with E-state index in [0.29, 0.717) is 24.3 Å². The van der Waals surface area contributed by atoms with E-state index in [2.05, 4.69) is 10.6 Å². The molecule has 0 aliphatic carbocycles. The minimum absolute atomic E-state index is 0.0115. The van der Waals surface area contributed by atoms with Gasteiger partial charge in [0.05, 0.1) is 30.2 Å². The lowest BCUT2D eigenvalue weighted by atomic mass is 10.1. The molecule has 168 valence electrons. The van der Waals surface area contributed by atoms with Crippen molar-refractivity contribution >= 4 is 33.4 Å². The number of hydrogen-bond donors (Lipinski definition) is 2. The molecule has 3 amide bonds. The molecule has 0 radical (unpaired) electrons. The predicted molar refractivity (Wildman–Crippen MR) is 113 cm³/mol. The number of amides is 3. The van der Waals surface area contributed by atoms with Gasteiger partial charge in [0.15, 0.2) is 11.5 Å². The Morgan fingerprint density at radius 1 is 1.03 bits per heavy atom. The Kier molecular flexibility index (Phi) is 5.61. The normalized spacial score (nSPS) is 18.2. The third kappa shape index (κ3) is 3.69. The van der Waals surface area contributed by atoms with Crippen molar-refractivity contribution in [3.05, 3.63) is 47.5 Å². The van der Waals surface area contributed by atoms with Crippen LogP contribution in [0.15, 0.2) is 41.3 Å². The topological polar surface area (TPSA) is 131 Å². The van der Waals surface area contributed by atoms with E-state index in [4.69, 9.17) is 9.47 Å². The molecule has 1 atom stereocenters. The van der Waals surface area contributed by atoms with Crippen molar-refractivity contribution in [1.82, 2.24) is 9.62 Å². The van der Waals surface area contributed by atoms with Crippen molar-refractivity contribution in [2.75, 3.05) is 26.1 Å². The minimum Gasteiger partial charge on any atom is -0.493 e. The van der Waals surface area contributed by atoms with Gasteiger partial charge in [-0.25, -0.2) is 8.42 Å². The molecule has 1 fully saturated rings. The second-order valence-corrected chi connectivity index (χ2v) is 9.21. The van der Waals surface area contributed by atoms with Crippen molar-refractivity contribution in [3.8, 4) is 11.5 Å². The van der Waals surface area contributed by atoms with Gasteiger partial charge in [-0.1, -0.05) is 0 Å². The summed E-state index contributed by atoms with van der Waals surface area (Å²) >= 11 is 0. The van der Waals surface area contributed by atoms with Gasteiger partial charge in [0.2, 0.25) is 15.9 Å². The fourth-order valence-corrected chi connectivity index (χ4v) is 5.55. The van der Waals surface area contributed by atoms with Gasteiger partial charge >= 0.3 is 0 Å². The summed E-state index contributed by atoms with van der Waals surface area (Å²) in [6.07, 6.45) is 0.869. The van der Waals surface area contributed by atoms with Crippen LogP contribution in [0.1, 0.15) is 33.6 Å². The zero-order chi connectivity index (χ0) is 23.0. The van der Waals surface area contributed by atoms with Crippen molar-refractivity contribution < 1.29 is 32.3 Å². The highest BCUT2D eigenvalue weighted by atomic mass is 32.2. The maximum absolute atomic E-state index is 13.3. The number of rotatable bonds is 6. The first kappa shape index (κ1) is 21.8. The summed E-state index contributed by atoms with van der Waals surface area (Å²) < 4.78 is 38.0. The maximum atomic E-state index is 13.3. The lowest BCUT2D eigenvalue weighted by Gasteiger charge is -2.24. The number of carbonyl (C=O) groups is 3. The van der Waals surface area contributed by atoms with Crippen molar-refractivity contribution in [2.45, 2.75) is 23.8 Å². The molecule has 0 aromatic heterocycles. The number of nitrogens with one attached hydrogen (secondary N) is 2. The van der Waals surface area contributed by atoms with Crippen LogP contribution in [0.3, 0.4) is 0 Å². The number of fused-ring (bicyclic) bond motifs is 1. The first-order valence-corrected chi connectivity index (χ1v) is 11.2. The van der Waals surface area contributed by atoms with Crippen LogP contribution < -0.4 is 20.1 Å². The maximum Gasteiger partial charge on any atom is 0.259 e. The molecule has 1 saturated heterocycles. The Morgan fingerprint density at radius 2 is 1.75 bits per heavy atom. The van der Waals surface area contributed by atoms with Gasteiger partial charge in [-0.3, -0.25) is 19.7 Å². The van der Waals surface area contributed by atoms with Gasteiger partial charge in [-0.05, 0) is 43.2 Å². The number of imide groups is 1. The highest BCUT2D eigenvalue weighted by Crippen LogP contribution is 2.33. The van der Waals surface area contributed by atoms with E-state index in [1.807, 2.05) is 0 Å². The first-order valence-electron chi connectivity index (χ1n) is 9.80. The lowest BCUT2D eigenvalue weighted by Crippen LogP contribution is -2.43. The number of methoxy groups -OCH3 is 2. The number of anilines is 1. The molecule has 11 heteroatoms. The molecular formula is C21H21N3O7S. The molecule has 2 aliphatic rings. The number of sulfonamides is 1. The number of hydrogen-bond acceptors (Lipinski definition) is 7. The summed E-state index contributed by atoms with van der Waals surface area (Å²) in [6, 6.07) is 7.67. The standard InChI is InChI=1S/C21H21N3O7S/c1-30-17-8-6-13(11-18(17)31-2)32(28,29)24-9-3-4-16(24)21(27)22-12-5-7-14-15(10-12)20(26)23-19(14)25/h5-8,10-11,16H,3-4,9H2,1-2H3,(H,22,27)(H,23,25,26). The van der Waals surface area contributed by atoms with E-state index >= 15 is 0 Å². The third-order valence-corrected chi connectivity index (χ3v) is 7.38. The molecule has 0 saturated carbocycles. The molecule has 0 spiro atoms. The van der Waals surface area contributed by atoms with E-state index in [9.17, 15) is 22.8 Å². The Balaban J connectivity index is 1.57. The van der Waals surface area contributed by atoms with E-state index in [-0.39, 0.29) is 28.3 Å². The zero-order valence-electron chi connectivity index (χ0n) is 17.4. The molecule has 2 heterocycles. The third-order valence-electron chi connectivity index (χ3n) is 5.47. The molecule has 2 N–H and O–H groups in total. The Morgan fingerprint density at radius 3 is 2.47 bits per heavy atom. The minimum atomic E-state index is -3.98. The molecule has 32 heavy (non-hydrogen) atoms. The molecule has 2 aromatic rings. The molecule has 2 aliphatic heterocycles. The zero-order valence-corrected chi connectivity index (χ0v) is 18.2.